The van der Waals surface area contributed by atoms with Crippen molar-refractivity contribution in [3.8, 4) is 0 Å². The van der Waals surface area contributed by atoms with Crippen molar-refractivity contribution in [1.29, 1.82) is 0 Å². The van der Waals surface area contributed by atoms with Crippen LogP contribution in [-0.2, 0) is 0 Å². The number of likely N-dealkylation sites (N-methyl/N-ethyl adjacent to an activating group) is 1. The van der Waals surface area contributed by atoms with E-state index in [0.29, 0.717) is 24.8 Å². The van der Waals surface area contributed by atoms with E-state index in [-0.39, 0.29) is 34.6 Å². The molecule has 0 saturated carbocycles. The highest BCUT2D eigenvalue weighted by Crippen LogP contribution is 2.22. The van der Waals surface area contributed by atoms with Gasteiger partial charge in [0.05, 0.1) is 11.5 Å². The molecule has 0 amide bonds. The topological polar surface area (TPSA) is 94.8 Å². The summed E-state index contributed by atoms with van der Waals surface area (Å²) < 4.78 is 0. The molecular formula is C18H31IN6O2. The van der Waals surface area contributed by atoms with Crippen molar-refractivity contribution in [2.75, 3.05) is 44.6 Å². The van der Waals surface area contributed by atoms with Crippen molar-refractivity contribution >= 4 is 41.3 Å². The van der Waals surface area contributed by atoms with Gasteiger partial charge >= 0.3 is 0 Å². The maximum absolute atomic E-state index is 11.0. The Bertz CT molecular complexity index is 613. The van der Waals surface area contributed by atoms with Gasteiger partial charge in [-0.3, -0.25) is 20.0 Å². The van der Waals surface area contributed by atoms with Crippen molar-refractivity contribution in [3.05, 3.63) is 34.4 Å². The number of nitrogens with one attached hydrogen (secondary N) is 3. The highest BCUT2D eigenvalue weighted by Gasteiger charge is 2.22. The first kappa shape index (κ1) is 23.4. The second-order valence-electron chi connectivity index (χ2n) is 6.27. The number of likely N-dealkylation sites (tertiary alicyclic amines) is 1. The number of hydrogen-bond acceptors (Lipinski definition) is 5. The summed E-state index contributed by atoms with van der Waals surface area (Å²) in [5, 5.41) is 20.7. The molecule has 1 heterocycles. The van der Waals surface area contributed by atoms with Crippen LogP contribution < -0.4 is 16.0 Å². The number of guanidine groups is 1. The van der Waals surface area contributed by atoms with Crippen LogP contribution in [0.25, 0.3) is 0 Å². The second-order valence-corrected chi connectivity index (χ2v) is 6.27. The molecule has 1 fully saturated rings. The predicted molar refractivity (Wildman–Crippen MR) is 121 cm³/mol. The summed E-state index contributed by atoms with van der Waals surface area (Å²) in [6.07, 6.45) is 2.45. The fourth-order valence-corrected chi connectivity index (χ4v) is 3.22. The van der Waals surface area contributed by atoms with E-state index >= 15 is 0 Å². The number of nitro benzene ring substituents is 1. The van der Waals surface area contributed by atoms with Gasteiger partial charge in [0.25, 0.3) is 5.69 Å². The van der Waals surface area contributed by atoms with Crippen LogP contribution in [0.15, 0.2) is 29.3 Å². The van der Waals surface area contributed by atoms with E-state index in [2.05, 4.69) is 27.8 Å². The molecule has 1 aliphatic rings. The fraction of sp³-hybridized carbons (Fsp3) is 0.611. The van der Waals surface area contributed by atoms with Gasteiger partial charge in [-0.25, -0.2) is 0 Å². The van der Waals surface area contributed by atoms with Crippen molar-refractivity contribution in [2.45, 2.75) is 32.7 Å². The van der Waals surface area contributed by atoms with Gasteiger partial charge in [-0.1, -0.05) is 19.1 Å². The molecule has 0 spiro atoms. The van der Waals surface area contributed by atoms with Crippen LogP contribution in [0.2, 0.25) is 0 Å². The zero-order valence-electron chi connectivity index (χ0n) is 16.1. The van der Waals surface area contributed by atoms with Gasteiger partial charge in [-0.15, -0.1) is 24.0 Å². The van der Waals surface area contributed by atoms with Crippen molar-refractivity contribution in [3.63, 3.8) is 0 Å². The zero-order valence-corrected chi connectivity index (χ0v) is 18.4. The molecule has 3 N–H and O–H groups in total. The van der Waals surface area contributed by atoms with Crippen LogP contribution >= 0.6 is 24.0 Å². The summed E-state index contributed by atoms with van der Waals surface area (Å²) in [7, 11) is 0. The lowest BCUT2D eigenvalue weighted by atomic mass is 10.2. The Kier molecular flexibility index (Phi) is 11.0. The third-order valence-electron chi connectivity index (χ3n) is 4.54. The molecule has 0 radical (unpaired) electrons. The van der Waals surface area contributed by atoms with Crippen molar-refractivity contribution in [1.82, 2.24) is 15.5 Å². The summed E-state index contributed by atoms with van der Waals surface area (Å²) in [4.78, 5) is 17.8. The van der Waals surface area contributed by atoms with Gasteiger partial charge in [0.2, 0.25) is 0 Å². The largest absolute Gasteiger partial charge is 0.378 e. The summed E-state index contributed by atoms with van der Waals surface area (Å²) in [6, 6.07) is 7.20. The van der Waals surface area contributed by atoms with Crippen molar-refractivity contribution in [2.24, 2.45) is 4.99 Å². The van der Waals surface area contributed by atoms with E-state index in [1.165, 1.54) is 25.5 Å². The van der Waals surface area contributed by atoms with Gasteiger partial charge in [-0.05, 0) is 38.9 Å². The maximum Gasteiger partial charge on any atom is 0.292 e. The smallest absolute Gasteiger partial charge is 0.292 e. The maximum atomic E-state index is 11.0. The first-order chi connectivity index (χ1) is 12.7. The molecule has 1 saturated heterocycles. The Balaban J connectivity index is 0.00000364. The van der Waals surface area contributed by atoms with Crippen LogP contribution in [0, 0.1) is 10.1 Å². The molecule has 0 aliphatic carbocycles. The molecule has 0 bridgehead atoms. The van der Waals surface area contributed by atoms with Crippen LogP contribution in [0.4, 0.5) is 11.4 Å². The molecule has 27 heavy (non-hydrogen) atoms. The van der Waals surface area contributed by atoms with E-state index in [1.54, 1.807) is 18.2 Å². The molecule has 152 valence electrons. The van der Waals surface area contributed by atoms with Gasteiger partial charge < -0.3 is 16.0 Å². The monoisotopic (exact) mass is 490 g/mol. The summed E-state index contributed by atoms with van der Waals surface area (Å²) in [5.74, 6) is 0.791. The molecule has 1 atom stereocenters. The number of aliphatic imine (C=N–C) groups is 1. The predicted octanol–water partition coefficient (Wildman–Crippen LogP) is 2.66. The molecule has 1 aromatic carbocycles. The number of nitrogens with zero attached hydrogens (tertiary/aromatic N) is 3. The quantitative estimate of drug-likeness (QED) is 0.123. The van der Waals surface area contributed by atoms with E-state index in [9.17, 15) is 10.1 Å². The molecule has 2 rings (SSSR count). The lowest BCUT2D eigenvalue weighted by molar-refractivity contribution is -0.384. The Morgan fingerprint density at radius 3 is 2.78 bits per heavy atom. The average molecular weight is 490 g/mol. The lowest BCUT2D eigenvalue weighted by Gasteiger charge is -2.21. The molecule has 9 heteroatoms. The Labute approximate surface area is 178 Å². The molecule has 1 aliphatic heterocycles. The highest BCUT2D eigenvalue weighted by atomic mass is 127. The van der Waals surface area contributed by atoms with E-state index < -0.39 is 0 Å². The van der Waals surface area contributed by atoms with E-state index in [4.69, 9.17) is 4.99 Å². The van der Waals surface area contributed by atoms with Gasteiger partial charge in [0.1, 0.15) is 5.69 Å². The minimum atomic E-state index is -0.373. The number of halogens is 1. The third kappa shape index (κ3) is 7.49. The number of para-hydroxylation sites is 2. The second kappa shape index (κ2) is 12.7. The minimum Gasteiger partial charge on any atom is -0.378 e. The Morgan fingerprint density at radius 2 is 2.07 bits per heavy atom. The van der Waals surface area contributed by atoms with E-state index in [1.807, 2.05) is 6.92 Å². The first-order valence-corrected chi connectivity index (χ1v) is 9.39. The van der Waals surface area contributed by atoms with Crippen LogP contribution in [-0.4, -0.2) is 61.1 Å². The molecule has 1 unspecified atom stereocenters. The SMILES string of the molecule is CCNC(=NCC1CCCN1CC)NCCNc1ccccc1[N+](=O)[O-].I. The molecular weight excluding hydrogens is 459 g/mol. The summed E-state index contributed by atoms with van der Waals surface area (Å²) >= 11 is 0. The normalized spacial score (nSPS) is 17.3. The van der Waals surface area contributed by atoms with Crippen LogP contribution in [0.3, 0.4) is 0 Å². The molecule has 8 nitrogen and oxygen atoms in total. The summed E-state index contributed by atoms with van der Waals surface area (Å²) in [5.41, 5.74) is 0.625. The average Bonchev–Trinajstić information content (AvgIpc) is 3.10. The van der Waals surface area contributed by atoms with Crippen LogP contribution in [0.1, 0.15) is 26.7 Å². The number of rotatable bonds is 9. The Morgan fingerprint density at radius 1 is 1.30 bits per heavy atom. The van der Waals surface area contributed by atoms with Gasteiger partial charge in [0.15, 0.2) is 5.96 Å². The standard InChI is InChI=1S/C18H30N6O2.HI/c1-3-19-18(22-14-15-8-7-13-23(15)4-2)21-12-11-20-16-9-5-6-10-17(16)24(25)26;/h5-6,9-10,15,20H,3-4,7-8,11-14H2,1-2H3,(H2,19,21,22);1H. The van der Waals surface area contributed by atoms with Crippen molar-refractivity contribution < 1.29 is 4.92 Å². The highest BCUT2D eigenvalue weighted by molar-refractivity contribution is 14.0. The van der Waals surface area contributed by atoms with Crippen LogP contribution in [0.5, 0.6) is 0 Å². The number of nitro groups is 1. The minimum absolute atomic E-state index is 0. The van der Waals surface area contributed by atoms with E-state index in [0.717, 1.165) is 25.6 Å². The fourth-order valence-electron chi connectivity index (χ4n) is 3.22. The summed E-state index contributed by atoms with van der Waals surface area (Å²) in [6.45, 7) is 9.26. The third-order valence-corrected chi connectivity index (χ3v) is 4.54. The zero-order chi connectivity index (χ0) is 18.8. The lowest BCUT2D eigenvalue weighted by Crippen LogP contribution is -2.41. The molecule has 0 aromatic heterocycles. The van der Waals surface area contributed by atoms with Gasteiger partial charge in [-0.2, -0.15) is 0 Å². The Hall–Kier alpha value is -1.62. The number of hydrogen-bond donors (Lipinski definition) is 3. The first-order valence-electron chi connectivity index (χ1n) is 9.39. The molecule has 1 aromatic rings. The number of benzene rings is 1. The number of anilines is 1. The van der Waals surface area contributed by atoms with Gasteiger partial charge in [0, 0.05) is 31.7 Å².